The van der Waals surface area contributed by atoms with Crippen LogP contribution in [0.1, 0.15) is 11.5 Å². The first-order valence-electron chi connectivity index (χ1n) is 4.39. The largest absolute Gasteiger partial charge is 0.396 e. The molecular formula is C10H13ClFNO. The monoisotopic (exact) mass is 217 g/mol. The molecule has 2 N–H and O–H groups in total. The van der Waals surface area contributed by atoms with E-state index in [1.165, 1.54) is 12.1 Å². The van der Waals surface area contributed by atoms with Crippen LogP contribution in [0, 0.1) is 5.82 Å². The molecule has 0 bridgehead atoms. The molecule has 1 aromatic carbocycles. The molecule has 1 unspecified atom stereocenters. The summed E-state index contributed by atoms with van der Waals surface area (Å²) in [5.41, 5.74) is 0.453. The number of rotatable bonds is 4. The number of halogens is 2. The number of hydrogen-bond donors (Lipinski definition) is 2. The van der Waals surface area contributed by atoms with Gasteiger partial charge in [0.15, 0.2) is 0 Å². The number of aliphatic hydroxyl groups excluding tert-OH is 1. The summed E-state index contributed by atoms with van der Waals surface area (Å²) in [4.78, 5) is 0. The van der Waals surface area contributed by atoms with E-state index in [-0.39, 0.29) is 18.3 Å². The summed E-state index contributed by atoms with van der Waals surface area (Å²) in [5, 5.41) is 12.5. The van der Waals surface area contributed by atoms with Crippen LogP contribution in [0.3, 0.4) is 0 Å². The first-order valence-corrected chi connectivity index (χ1v) is 4.77. The smallest absolute Gasteiger partial charge is 0.126 e. The molecule has 0 saturated carbocycles. The normalized spacial score (nSPS) is 12.9. The second kappa shape index (κ2) is 5.29. The second-order valence-corrected chi connectivity index (χ2v) is 3.54. The average Bonchev–Trinajstić information content (AvgIpc) is 2.18. The Morgan fingerprint density at radius 2 is 2.29 bits per heavy atom. The summed E-state index contributed by atoms with van der Waals surface area (Å²) in [6.45, 7) is 0.422. The van der Waals surface area contributed by atoms with Gasteiger partial charge in [-0.2, -0.15) is 0 Å². The molecule has 0 radical (unpaired) electrons. The highest BCUT2D eigenvalue weighted by Gasteiger charge is 2.14. The van der Waals surface area contributed by atoms with Crippen LogP contribution in [0.2, 0.25) is 5.02 Å². The number of likely N-dealkylation sites (N-methyl/N-ethyl adjacent to an activating group) is 1. The second-order valence-electron chi connectivity index (χ2n) is 3.10. The van der Waals surface area contributed by atoms with Crippen molar-refractivity contribution < 1.29 is 9.50 Å². The standard InChI is InChI=1S/C10H13ClFNO/c1-13-5-7(6-14)9-4-8(11)2-3-10(9)12/h2-4,7,13-14H,5-6H2,1H3. The first-order chi connectivity index (χ1) is 6.69. The number of benzene rings is 1. The molecule has 0 heterocycles. The number of aliphatic hydroxyl groups is 1. The number of nitrogens with one attached hydrogen (secondary N) is 1. The molecule has 0 saturated heterocycles. The van der Waals surface area contributed by atoms with E-state index < -0.39 is 0 Å². The highest BCUT2D eigenvalue weighted by atomic mass is 35.5. The van der Waals surface area contributed by atoms with Crippen LogP contribution >= 0.6 is 11.6 Å². The highest BCUT2D eigenvalue weighted by molar-refractivity contribution is 6.30. The Labute approximate surface area is 87.7 Å². The zero-order valence-electron chi connectivity index (χ0n) is 7.93. The molecule has 0 aromatic heterocycles. The van der Waals surface area contributed by atoms with E-state index in [2.05, 4.69) is 5.32 Å². The molecular weight excluding hydrogens is 205 g/mol. The van der Waals surface area contributed by atoms with Gasteiger partial charge >= 0.3 is 0 Å². The molecule has 78 valence electrons. The van der Waals surface area contributed by atoms with Crippen LogP contribution in [0.15, 0.2) is 18.2 Å². The Kier molecular flexibility index (Phi) is 4.32. The van der Waals surface area contributed by atoms with Gasteiger partial charge in [-0.3, -0.25) is 0 Å². The lowest BCUT2D eigenvalue weighted by atomic mass is 9.99. The first kappa shape index (κ1) is 11.4. The van der Waals surface area contributed by atoms with Gasteiger partial charge in [0.25, 0.3) is 0 Å². The fraction of sp³-hybridized carbons (Fsp3) is 0.400. The molecule has 0 spiro atoms. The Bertz CT molecular complexity index is 306. The van der Waals surface area contributed by atoms with Crippen molar-refractivity contribution in [3.05, 3.63) is 34.6 Å². The van der Waals surface area contributed by atoms with E-state index in [1.54, 1.807) is 13.1 Å². The van der Waals surface area contributed by atoms with E-state index in [0.717, 1.165) is 0 Å². The maximum atomic E-state index is 13.3. The molecule has 4 heteroatoms. The van der Waals surface area contributed by atoms with Crippen LogP contribution in [0.25, 0.3) is 0 Å². The molecule has 0 aliphatic carbocycles. The minimum absolute atomic E-state index is 0.0991. The van der Waals surface area contributed by atoms with Crippen molar-refractivity contribution in [3.63, 3.8) is 0 Å². The summed E-state index contributed by atoms with van der Waals surface area (Å²) < 4.78 is 13.3. The van der Waals surface area contributed by atoms with Gasteiger partial charge in [-0.25, -0.2) is 4.39 Å². The van der Waals surface area contributed by atoms with Gasteiger partial charge in [0.1, 0.15) is 5.82 Å². The van der Waals surface area contributed by atoms with Gasteiger partial charge in [0.2, 0.25) is 0 Å². The Morgan fingerprint density at radius 3 is 2.86 bits per heavy atom. The molecule has 0 amide bonds. The molecule has 0 fully saturated rings. The maximum Gasteiger partial charge on any atom is 0.126 e. The Hall–Kier alpha value is -0.640. The van der Waals surface area contributed by atoms with Crippen molar-refractivity contribution in [3.8, 4) is 0 Å². The third-order valence-corrected chi connectivity index (χ3v) is 2.30. The summed E-state index contributed by atoms with van der Waals surface area (Å²) in [6.07, 6.45) is 0. The van der Waals surface area contributed by atoms with Gasteiger partial charge in [-0.1, -0.05) is 11.6 Å². The minimum Gasteiger partial charge on any atom is -0.396 e. The predicted molar refractivity (Wildman–Crippen MR) is 55.2 cm³/mol. The highest BCUT2D eigenvalue weighted by Crippen LogP contribution is 2.22. The maximum absolute atomic E-state index is 13.3. The van der Waals surface area contributed by atoms with E-state index in [9.17, 15) is 4.39 Å². The van der Waals surface area contributed by atoms with Gasteiger partial charge in [0.05, 0.1) is 6.61 Å². The summed E-state index contributed by atoms with van der Waals surface area (Å²) >= 11 is 5.75. The van der Waals surface area contributed by atoms with Crippen molar-refractivity contribution in [2.75, 3.05) is 20.2 Å². The van der Waals surface area contributed by atoms with Crippen molar-refractivity contribution >= 4 is 11.6 Å². The fourth-order valence-corrected chi connectivity index (χ4v) is 1.53. The van der Waals surface area contributed by atoms with Gasteiger partial charge in [0, 0.05) is 17.5 Å². The van der Waals surface area contributed by atoms with E-state index in [1.807, 2.05) is 0 Å². The van der Waals surface area contributed by atoms with Crippen molar-refractivity contribution in [2.24, 2.45) is 0 Å². The molecule has 0 aliphatic rings. The van der Waals surface area contributed by atoms with Crippen LogP contribution in [0.4, 0.5) is 4.39 Å². The molecule has 0 aliphatic heterocycles. The SMILES string of the molecule is CNCC(CO)c1cc(Cl)ccc1F. The Morgan fingerprint density at radius 1 is 1.57 bits per heavy atom. The molecule has 1 aromatic rings. The van der Waals surface area contributed by atoms with Crippen molar-refractivity contribution in [1.29, 1.82) is 0 Å². The zero-order chi connectivity index (χ0) is 10.6. The fourth-order valence-electron chi connectivity index (χ4n) is 1.35. The lowest BCUT2D eigenvalue weighted by Crippen LogP contribution is -2.21. The van der Waals surface area contributed by atoms with E-state index >= 15 is 0 Å². The van der Waals surface area contributed by atoms with E-state index in [4.69, 9.17) is 16.7 Å². The van der Waals surface area contributed by atoms with Gasteiger partial charge in [-0.15, -0.1) is 0 Å². The lowest BCUT2D eigenvalue weighted by Gasteiger charge is -2.14. The lowest BCUT2D eigenvalue weighted by molar-refractivity contribution is 0.260. The molecule has 1 rings (SSSR count). The zero-order valence-corrected chi connectivity index (χ0v) is 8.68. The van der Waals surface area contributed by atoms with Crippen LogP contribution in [-0.2, 0) is 0 Å². The topological polar surface area (TPSA) is 32.3 Å². The summed E-state index contributed by atoms with van der Waals surface area (Å²) in [6, 6.07) is 4.36. The number of hydrogen-bond acceptors (Lipinski definition) is 2. The third kappa shape index (κ3) is 2.67. The van der Waals surface area contributed by atoms with Gasteiger partial charge in [-0.05, 0) is 30.8 Å². The third-order valence-electron chi connectivity index (χ3n) is 2.07. The van der Waals surface area contributed by atoms with Crippen molar-refractivity contribution in [2.45, 2.75) is 5.92 Å². The minimum atomic E-state index is -0.330. The quantitative estimate of drug-likeness (QED) is 0.806. The van der Waals surface area contributed by atoms with Gasteiger partial charge < -0.3 is 10.4 Å². The molecule has 2 nitrogen and oxygen atoms in total. The van der Waals surface area contributed by atoms with Crippen LogP contribution in [-0.4, -0.2) is 25.3 Å². The summed E-state index contributed by atoms with van der Waals surface area (Å²) in [7, 11) is 1.76. The predicted octanol–water partition coefficient (Wildman–Crippen LogP) is 1.77. The molecule has 1 atom stereocenters. The van der Waals surface area contributed by atoms with E-state index in [0.29, 0.717) is 17.1 Å². The average molecular weight is 218 g/mol. The van der Waals surface area contributed by atoms with Crippen LogP contribution < -0.4 is 5.32 Å². The Balaban J connectivity index is 2.96. The summed E-state index contributed by atoms with van der Waals surface area (Å²) in [5.74, 6) is -0.581. The molecule has 14 heavy (non-hydrogen) atoms. The van der Waals surface area contributed by atoms with Crippen LogP contribution in [0.5, 0.6) is 0 Å². The van der Waals surface area contributed by atoms with Crippen molar-refractivity contribution in [1.82, 2.24) is 5.32 Å².